The van der Waals surface area contributed by atoms with Gasteiger partial charge in [0.15, 0.2) is 5.96 Å². The molecule has 3 rings (SSSR count). The maximum Gasteiger partial charge on any atom is 0.193 e. The van der Waals surface area contributed by atoms with E-state index in [4.69, 9.17) is 9.47 Å². The van der Waals surface area contributed by atoms with Gasteiger partial charge < -0.3 is 19.7 Å². The fourth-order valence-electron chi connectivity index (χ4n) is 4.09. The van der Waals surface area contributed by atoms with E-state index >= 15 is 0 Å². The number of nitrogens with one attached hydrogen (secondary N) is 1. The van der Waals surface area contributed by atoms with Crippen LogP contribution in [0.3, 0.4) is 0 Å². The molecule has 3 heterocycles. The highest BCUT2D eigenvalue weighted by atomic mass is 127. The number of nitrogens with zero attached hydrogens (tertiary/aromatic N) is 5. The first kappa shape index (κ1) is 24.4. The van der Waals surface area contributed by atoms with Crippen LogP contribution in [0.5, 0.6) is 0 Å². The number of halogens is 1. The Morgan fingerprint density at radius 2 is 2.07 bits per heavy atom. The van der Waals surface area contributed by atoms with Crippen LogP contribution in [0.15, 0.2) is 17.4 Å². The van der Waals surface area contributed by atoms with Crippen molar-refractivity contribution in [3.8, 4) is 0 Å². The second kappa shape index (κ2) is 10.9. The second-order valence-corrected chi connectivity index (χ2v) is 8.39. The lowest BCUT2D eigenvalue weighted by Gasteiger charge is -2.43. The molecular weight excluding hydrogens is 483 g/mol. The lowest BCUT2D eigenvalue weighted by atomic mass is 9.97. The third kappa shape index (κ3) is 6.28. The minimum atomic E-state index is 0. The number of likely N-dealkylation sites (tertiary alicyclic amines) is 1. The predicted molar refractivity (Wildman–Crippen MR) is 126 cm³/mol. The van der Waals surface area contributed by atoms with Crippen molar-refractivity contribution in [1.29, 1.82) is 0 Å². The number of hydrogen-bond acceptors (Lipinski definition) is 5. The number of ether oxygens (including phenoxy) is 2. The van der Waals surface area contributed by atoms with E-state index in [9.17, 15) is 0 Å². The summed E-state index contributed by atoms with van der Waals surface area (Å²) in [6.07, 6.45) is 6.55. The molecule has 8 nitrogen and oxygen atoms in total. The molecule has 1 aromatic heterocycles. The maximum atomic E-state index is 5.97. The molecule has 0 saturated carbocycles. The predicted octanol–water partition coefficient (Wildman–Crippen LogP) is 1.88. The zero-order valence-corrected chi connectivity index (χ0v) is 20.8. The summed E-state index contributed by atoms with van der Waals surface area (Å²) in [6.45, 7) is 9.93. The summed E-state index contributed by atoms with van der Waals surface area (Å²) in [5, 5.41) is 7.88. The molecular formula is C20H37IN6O2. The summed E-state index contributed by atoms with van der Waals surface area (Å²) in [7, 11) is 5.61. The topological polar surface area (TPSA) is 67.2 Å². The molecule has 2 saturated heterocycles. The van der Waals surface area contributed by atoms with Crippen molar-refractivity contribution in [1.82, 2.24) is 24.9 Å². The van der Waals surface area contributed by atoms with Crippen LogP contribution >= 0.6 is 24.0 Å². The Labute approximate surface area is 192 Å². The van der Waals surface area contributed by atoms with Gasteiger partial charge in [-0.2, -0.15) is 5.10 Å². The molecule has 0 spiro atoms. The quantitative estimate of drug-likeness (QED) is 0.364. The molecule has 2 aliphatic heterocycles. The van der Waals surface area contributed by atoms with E-state index < -0.39 is 0 Å². The van der Waals surface area contributed by atoms with Crippen LogP contribution in [0.2, 0.25) is 0 Å². The molecule has 0 aliphatic carbocycles. The first-order valence-corrected chi connectivity index (χ1v) is 10.3. The average molecular weight is 520 g/mol. The number of piperidine rings is 1. The Bertz CT molecular complexity index is 657. The number of aliphatic imine (C=N–C) groups is 1. The van der Waals surface area contributed by atoms with Gasteiger partial charge in [0, 0.05) is 64.7 Å². The minimum Gasteiger partial charge on any atom is -0.381 e. The average Bonchev–Trinajstić information content (AvgIpc) is 3.15. The Hall–Kier alpha value is -0.910. The lowest BCUT2D eigenvalue weighted by molar-refractivity contribution is -0.00905. The van der Waals surface area contributed by atoms with Gasteiger partial charge in [-0.25, -0.2) is 0 Å². The van der Waals surface area contributed by atoms with Crippen LogP contribution in [-0.4, -0.2) is 90.7 Å². The zero-order valence-electron chi connectivity index (χ0n) is 18.4. The molecule has 1 aromatic rings. The van der Waals surface area contributed by atoms with E-state index in [1.54, 1.807) is 0 Å². The lowest BCUT2D eigenvalue weighted by Crippen LogP contribution is -2.57. The summed E-state index contributed by atoms with van der Waals surface area (Å²) in [6, 6.07) is 0. The van der Waals surface area contributed by atoms with Crippen LogP contribution in [0.25, 0.3) is 0 Å². The van der Waals surface area contributed by atoms with E-state index in [-0.39, 0.29) is 35.6 Å². The van der Waals surface area contributed by atoms with E-state index in [1.165, 1.54) is 0 Å². The Kier molecular flexibility index (Phi) is 9.17. The molecule has 1 atom stereocenters. The third-order valence-corrected chi connectivity index (χ3v) is 5.98. The summed E-state index contributed by atoms with van der Waals surface area (Å²) < 4.78 is 13.3. The van der Waals surface area contributed by atoms with Gasteiger partial charge in [-0.15, -0.1) is 24.0 Å². The Morgan fingerprint density at radius 1 is 1.34 bits per heavy atom. The maximum absolute atomic E-state index is 5.97. The number of morpholine rings is 1. The smallest absolute Gasteiger partial charge is 0.193 e. The number of hydrogen-bond donors (Lipinski definition) is 1. The molecule has 1 unspecified atom stereocenters. The van der Waals surface area contributed by atoms with Gasteiger partial charge in [-0.05, 0) is 26.7 Å². The number of methoxy groups -OCH3 is 1. The summed E-state index contributed by atoms with van der Waals surface area (Å²) in [5.41, 5.74) is 1.17. The first-order valence-electron chi connectivity index (χ1n) is 10.3. The van der Waals surface area contributed by atoms with Crippen molar-refractivity contribution in [2.45, 2.75) is 44.4 Å². The fraction of sp³-hybridized carbons (Fsp3) is 0.800. The first-order chi connectivity index (χ1) is 13.4. The van der Waals surface area contributed by atoms with Crippen LogP contribution in [0.4, 0.5) is 0 Å². The Morgan fingerprint density at radius 3 is 2.66 bits per heavy atom. The highest BCUT2D eigenvalue weighted by molar-refractivity contribution is 14.0. The normalized spacial score (nSPS) is 22.4. The van der Waals surface area contributed by atoms with Crippen molar-refractivity contribution in [2.24, 2.45) is 12.0 Å². The highest BCUT2D eigenvalue weighted by Crippen LogP contribution is 2.23. The standard InChI is InChI=1S/C20H36N6O2.HI/c1-20(2,26-8-6-17(27-5)7-9-26)15-22-19(21-3)25-10-11-28-18(14-25)16-12-23-24(4)13-16;/h12-13,17-18H,6-11,14-15H2,1-5H3,(H,21,22);1H. The van der Waals surface area contributed by atoms with Gasteiger partial charge in [0.05, 0.1) is 25.5 Å². The monoisotopic (exact) mass is 520 g/mol. The fourth-order valence-corrected chi connectivity index (χ4v) is 4.09. The second-order valence-electron chi connectivity index (χ2n) is 8.39. The molecule has 29 heavy (non-hydrogen) atoms. The van der Waals surface area contributed by atoms with Gasteiger partial charge in [0.2, 0.25) is 0 Å². The summed E-state index contributed by atoms with van der Waals surface area (Å²) >= 11 is 0. The minimum absolute atomic E-state index is 0. The molecule has 1 N–H and O–H groups in total. The summed E-state index contributed by atoms with van der Waals surface area (Å²) in [4.78, 5) is 9.38. The SMILES string of the molecule is CN=C(NCC(C)(C)N1CCC(OC)CC1)N1CCOC(c2cnn(C)c2)C1.I. The molecule has 0 aromatic carbocycles. The summed E-state index contributed by atoms with van der Waals surface area (Å²) in [5.74, 6) is 0.942. The largest absolute Gasteiger partial charge is 0.381 e. The molecule has 0 amide bonds. The molecule has 2 fully saturated rings. The van der Waals surface area contributed by atoms with Crippen molar-refractivity contribution in [3.63, 3.8) is 0 Å². The van der Waals surface area contributed by atoms with Crippen LogP contribution < -0.4 is 5.32 Å². The van der Waals surface area contributed by atoms with E-state index in [0.29, 0.717) is 12.7 Å². The van der Waals surface area contributed by atoms with Crippen LogP contribution in [0, 0.1) is 0 Å². The van der Waals surface area contributed by atoms with E-state index in [1.807, 2.05) is 38.3 Å². The van der Waals surface area contributed by atoms with Gasteiger partial charge in [0.25, 0.3) is 0 Å². The number of aromatic nitrogens is 2. The zero-order chi connectivity index (χ0) is 20.1. The van der Waals surface area contributed by atoms with Crippen molar-refractivity contribution < 1.29 is 9.47 Å². The molecule has 2 aliphatic rings. The van der Waals surface area contributed by atoms with Crippen LogP contribution in [0.1, 0.15) is 38.4 Å². The molecule has 166 valence electrons. The van der Waals surface area contributed by atoms with Gasteiger partial charge in [-0.1, -0.05) is 0 Å². The molecule has 0 radical (unpaired) electrons. The number of guanidine groups is 1. The van der Waals surface area contributed by atoms with Crippen LogP contribution in [-0.2, 0) is 16.5 Å². The van der Waals surface area contributed by atoms with E-state index in [0.717, 1.165) is 57.1 Å². The molecule has 9 heteroatoms. The van der Waals surface area contributed by atoms with Gasteiger partial charge >= 0.3 is 0 Å². The number of rotatable bonds is 5. The van der Waals surface area contributed by atoms with Crippen molar-refractivity contribution in [2.75, 3.05) is 53.5 Å². The Balaban J connectivity index is 0.00000300. The number of aryl methyl sites for hydroxylation is 1. The van der Waals surface area contributed by atoms with Crippen molar-refractivity contribution >= 4 is 29.9 Å². The van der Waals surface area contributed by atoms with E-state index in [2.05, 4.69) is 39.1 Å². The molecule has 0 bridgehead atoms. The van der Waals surface area contributed by atoms with Gasteiger partial charge in [-0.3, -0.25) is 14.6 Å². The van der Waals surface area contributed by atoms with Crippen molar-refractivity contribution in [3.05, 3.63) is 18.0 Å². The van der Waals surface area contributed by atoms with Gasteiger partial charge in [0.1, 0.15) is 6.10 Å². The third-order valence-electron chi connectivity index (χ3n) is 5.98. The highest BCUT2D eigenvalue weighted by Gasteiger charge is 2.32.